The molecule has 2 heterocycles. The molecule has 0 saturated carbocycles. The number of likely N-dealkylation sites (tertiary alicyclic amines) is 1. The van der Waals surface area contributed by atoms with Crippen molar-refractivity contribution in [1.29, 1.82) is 0 Å². The summed E-state index contributed by atoms with van der Waals surface area (Å²) < 4.78 is 5.21. The number of ether oxygens (including phenoxy) is 1. The third kappa shape index (κ3) is 2.47. The zero-order valence-electron chi connectivity index (χ0n) is 11.8. The van der Waals surface area contributed by atoms with Gasteiger partial charge in [-0.15, -0.1) is 0 Å². The standard InChI is InChI=1S/C15H18N2O4/c1-21-11-7-13(15(19)20)17(8-11)14(18)10-3-2-9-4-5-16-12(9)6-10/h2-3,6,11,13,16H,4-5,7-8H2,1H3,(H,19,20). The van der Waals surface area contributed by atoms with Crippen molar-refractivity contribution < 1.29 is 19.4 Å². The number of aliphatic carboxylic acids is 1. The number of nitrogens with zero attached hydrogens (tertiary/aromatic N) is 1. The molecule has 3 rings (SSSR count). The number of hydrogen-bond acceptors (Lipinski definition) is 4. The van der Waals surface area contributed by atoms with Gasteiger partial charge in [0, 0.05) is 37.9 Å². The summed E-state index contributed by atoms with van der Waals surface area (Å²) in [5.74, 6) is -1.24. The zero-order valence-corrected chi connectivity index (χ0v) is 11.8. The number of benzene rings is 1. The number of methoxy groups -OCH3 is 1. The largest absolute Gasteiger partial charge is 0.480 e. The number of nitrogens with one attached hydrogen (secondary N) is 1. The molecule has 1 aromatic carbocycles. The van der Waals surface area contributed by atoms with Crippen molar-refractivity contribution in [2.45, 2.75) is 25.0 Å². The molecule has 0 aliphatic carbocycles. The van der Waals surface area contributed by atoms with Crippen molar-refractivity contribution in [3.63, 3.8) is 0 Å². The number of carboxylic acid groups (broad SMARTS) is 1. The van der Waals surface area contributed by atoms with Gasteiger partial charge in [-0.25, -0.2) is 4.79 Å². The smallest absolute Gasteiger partial charge is 0.326 e. The molecule has 0 bridgehead atoms. The minimum absolute atomic E-state index is 0.220. The number of carbonyl (C=O) groups excluding carboxylic acids is 1. The minimum atomic E-state index is -0.984. The van der Waals surface area contributed by atoms with Gasteiger partial charge in [-0.2, -0.15) is 0 Å². The first-order valence-corrected chi connectivity index (χ1v) is 7.03. The highest BCUT2D eigenvalue weighted by molar-refractivity contribution is 5.98. The summed E-state index contributed by atoms with van der Waals surface area (Å²) in [5, 5.41) is 12.5. The Labute approximate surface area is 122 Å². The van der Waals surface area contributed by atoms with Gasteiger partial charge >= 0.3 is 5.97 Å². The van der Waals surface area contributed by atoms with Gasteiger partial charge in [0.25, 0.3) is 5.91 Å². The lowest BCUT2D eigenvalue weighted by molar-refractivity contribution is -0.141. The lowest BCUT2D eigenvalue weighted by atomic mass is 10.1. The minimum Gasteiger partial charge on any atom is -0.480 e. The van der Waals surface area contributed by atoms with E-state index in [0.717, 1.165) is 18.7 Å². The maximum absolute atomic E-state index is 12.6. The number of fused-ring (bicyclic) bond motifs is 1. The van der Waals surface area contributed by atoms with Crippen LogP contribution in [0.25, 0.3) is 0 Å². The van der Waals surface area contributed by atoms with Crippen LogP contribution in [-0.4, -0.2) is 54.2 Å². The van der Waals surface area contributed by atoms with Crippen LogP contribution in [0.3, 0.4) is 0 Å². The molecule has 0 aromatic heterocycles. The second-order valence-corrected chi connectivity index (χ2v) is 5.45. The highest BCUT2D eigenvalue weighted by atomic mass is 16.5. The van der Waals surface area contributed by atoms with Crippen molar-refractivity contribution in [1.82, 2.24) is 4.90 Å². The van der Waals surface area contributed by atoms with Crippen LogP contribution < -0.4 is 5.32 Å². The summed E-state index contributed by atoms with van der Waals surface area (Å²) in [4.78, 5) is 25.3. The fourth-order valence-electron chi connectivity index (χ4n) is 3.02. The summed E-state index contributed by atoms with van der Waals surface area (Å²) in [6.45, 7) is 1.19. The second kappa shape index (κ2) is 5.37. The molecule has 1 fully saturated rings. The molecule has 2 N–H and O–H groups in total. The van der Waals surface area contributed by atoms with Gasteiger partial charge < -0.3 is 20.1 Å². The molecule has 1 amide bonds. The molecule has 1 saturated heterocycles. The van der Waals surface area contributed by atoms with Crippen molar-refractivity contribution >= 4 is 17.6 Å². The second-order valence-electron chi connectivity index (χ2n) is 5.45. The predicted molar refractivity (Wildman–Crippen MR) is 76.5 cm³/mol. The molecule has 0 spiro atoms. The maximum Gasteiger partial charge on any atom is 0.326 e. The number of rotatable bonds is 3. The van der Waals surface area contributed by atoms with Crippen LogP contribution in [0.1, 0.15) is 22.3 Å². The first-order chi connectivity index (χ1) is 10.1. The Morgan fingerprint density at radius 2 is 2.24 bits per heavy atom. The van der Waals surface area contributed by atoms with E-state index in [2.05, 4.69) is 5.32 Å². The zero-order chi connectivity index (χ0) is 15.0. The average molecular weight is 290 g/mol. The number of hydrogen-bond donors (Lipinski definition) is 2. The lowest BCUT2D eigenvalue weighted by Crippen LogP contribution is -2.40. The normalized spacial score (nSPS) is 23.8. The Balaban J connectivity index is 1.85. The van der Waals surface area contributed by atoms with Gasteiger partial charge in [0.05, 0.1) is 6.10 Å². The van der Waals surface area contributed by atoms with Gasteiger partial charge in [0.15, 0.2) is 0 Å². The molecule has 2 atom stereocenters. The van der Waals surface area contributed by atoms with E-state index in [4.69, 9.17) is 4.74 Å². The van der Waals surface area contributed by atoms with Gasteiger partial charge in [-0.3, -0.25) is 4.79 Å². The van der Waals surface area contributed by atoms with E-state index in [1.165, 1.54) is 17.6 Å². The Kier molecular flexibility index (Phi) is 3.55. The van der Waals surface area contributed by atoms with Gasteiger partial charge in [-0.1, -0.05) is 6.07 Å². The molecule has 6 heteroatoms. The van der Waals surface area contributed by atoms with Crippen LogP contribution >= 0.6 is 0 Å². The predicted octanol–water partition coefficient (Wildman–Crippen LogP) is 0.969. The number of carbonyl (C=O) groups is 2. The topological polar surface area (TPSA) is 78.9 Å². The van der Waals surface area contributed by atoms with Crippen LogP contribution in [0.15, 0.2) is 18.2 Å². The van der Waals surface area contributed by atoms with E-state index in [9.17, 15) is 14.7 Å². The third-order valence-electron chi connectivity index (χ3n) is 4.21. The van der Waals surface area contributed by atoms with Gasteiger partial charge in [0.2, 0.25) is 0 Å². The molecule has 21 heavy (non-hydrogen) atoms. The molecular formula is C15H18N2O4. The van der Waals surface area contributed by atoms with E-state index in [1.54, 1.807) is 6.07 Å². The van der Waals surface area contributed by atoms with Gasteiger partial charge in [-0.05, 0) is 24.1 Å². The summed E-state index contributed by atoms with van der Waals surface area (Å²) in [6.07, 6.45) is 1.07. The van der Waals surface area contributed by atoms with Crippen molar-refractivity contribution in [3.05, 3.63) is 29.3 Å². The molecular weight excluding hydrogens is 272 g/mol. The molecule has 2 aliphatic rings. The first kappa shape index (κ1) is 13.9. The van der Waals surface area contributed by atoms with E-state index in [1.807, 2.05) is 12.1 Å². The number of amides is 1. The number of anilines is 1. The molecule has 0 radical (unpaired) electrons. The SMILES string of the molecule is COC1CC(C(=O)O)N(C(=O)c2ccc3c(c2)NCC3)C1. The Morgan fingerprint density at radius 1 is 1.43 bits per heavy atom. The Bertz CT molecular complexity index is 587. The maximum atomic E-state index is 12.6. The van der Waals surface area contributed by atoms with Crippen LogP contribution in [-0.2, 0) is 16.0 Å². The Hall–Kier alpha value is -2.08. The Morgan fingerprint density at radius 3 is 2.95 bits per heavy atom. The van der Waals surface area contributed by atoms with E-state index in [0.29, 0.717) is 18.5 Å². The lowest BCUT2D eigenvalue weighted by Gasteiger charge is -2.21. The average Bonchev–Trinajstić information content (AvgIpc) is 3.11. The molecule has 6 nitrogen and oxygen atoms in total. The van der Waals surface area contributed by atoms with Crippen LogP contribution in [0, 0.1) is 0 Å². The molecule has 2 aliphatic heterocycles. The summed E-state index contributed by atoms with van der Waals surface area (Å²) in [6, 6.07) is 4.70. The quantitative estimate of drug-likeness (QED) is 0.867. The first-order valence-electron chi connectivity index (χ1n) is 7.03. The summed E-state index contributed by atoms with van der Waals surface area (Å²) in [7, 11) is 1.54. The third-order valence-corrected chi connectivity index (χ3v) is 4.21. The summed E-state index contributed by atoms with van der Waals surface area (Å²) in [5.41, 5.74) is 2.68. The molecule has 2 unspecified atom stereocenters. The highest BCUT2D eigenvalue weighted by Crippen LogP contribution is 2.27. The van der Waals surface area contributed by atoms with E-state index < -0.39 is 12.0 Å². The highest BCUT2D eigenvalue weighted by Gasteiger charge is 2.40. The van der Waals surface area contributed by atoms with Gasteiger partial charge in [0.1, 0.15) is 6.04 Å². The van der Waals surface area contributed by atoms with E-state index in [-0.39, 0.29) is 12.0 Å². The van der Waals surface area contributed by atoms with Crippen molar-refractivity contribution in [2.75, 3.05) is 25.5 Å². The number of carboxylic acids is 1. The summed E-state index contributed by atoms with van der Waals surface area (Å²) >= 11 is 0. The molecule has 1 aromatic rings. The van der Waals surface area contributed by atoms with Crippen LogP contribution in [0.4, 0.5) is 5.69 Å². The van der Waals surface area contributed by atoms with E-state index >= 15 is 0 Å². The fourth-order valence-corrected chi connectivity index (χ4v) is 3.02. The van der Waals surface area contributed by atoms with Crippen molar-refractivity contribution in [3.8, 4) is 0 Å². The fraction of sp³-hybridized carbons (Fsp3) is 0.467. The van der Waals surface area contributed by atoms with Crippen LogP contribution in [0.5, 0.6) is 0 Å². The van der Waals surface area contributed by atoms with Crippen LogP contribution in [0.2, 0.25) is 0 Å². The van der Waals surface area contributed by atoms with Crippen molar-refractivity contribution in [2.24, 2.45) is 0 Å². The monoisotopic (exact) mass is 290 g/mol. The molecule has 112 valence electrons.